The lowest BCUT2D eigenvalue weighted by atomic mass is 9.53. The largest absolute Gasteiger partial charge is 0.512 e. The van der Waals surface area contributed by atoms with Gasteiger partial charge in [-0.25, -0.2) is 0 Å². The van der Waals surface area contributed by atoms with Crippen LogP contribution in [-0.4, -0.2) is 29.0 Å². The molecule has 0 aromatic carbocycles. The summed E-state index contributed by atoms with van der Waals surface area (Å²) in [5.74, 6) is 1.25. The number of aliphatic hydroxyl groups is 2. The van der Waals surface area contributed by atoms with Gasteiger partial charge in [-0.1, -0.05) is 20.3 Å². The Morgan fingerprint density at radius 3 is 2.79 bits per heavy atom. The van der Waals surface area contributed by atoms with Crippen molar-refractivity contribution in [1.82, 2.24) is 0 Å². The van der Waals surface area contributed by atoms with Crippen LogP contribution < -0.4 is 0 Å². The van der Waals surface area contributed by atoms with Crippen LogP contribution in [0.3, 0.4) is 0 Å². The average Bonchev–Trinajstić information content (AvgIpc) is 2.73. The third kappa shape index (κ3) is 0.945. The van der Waals surface area contributed by atoms with Crippen LogP contribution in [0.1, 0.15) is 39.5 Å². The third-order valence-electron chi connectivity index (χ3n) is 7.65. The fourth-order valence-electron chi connectivity index (χ4n) is 6.68. The molecule has 0 heterocycles. The first-order valence-electron chi connectivity index (χ1n) is 7.57. The molecule has 0 saturated heterocycles. The summed E-state index contributed by atoms with van der Waals surface area (Å²) >= 11 is 0. The molecule has 4 bridgehead atoms. The monoisotopic (exact) mass is 264 g/mol. The molecule has 3 saturated carbocycles. The van der Waals surface area contributed by atoms with Gasteiger partial charge in [-0.3, -0.25) is 0 Å². The first-order chi connectivity index (χ1) is 8.91. The molecule has 7 unspecified atom stereocenters. The molecule has 0 amide bonds. The predicted octanol–water partition coefficient (Wildman–Crippen LogP) is 2.65. The van der Waals surface area contributed by atoms with Crippen molar-refractivity contribution in [3.05, 3.63) is 11.8 Å². The second-order valence-electron chi connectivity index (χ2n) is 7.60. The molecule has 3 heteroatoms. The predicted molar refractivity (Wildman–Crippen MR) is 71.6 cm³/mol. The summed E-state index contributed by atoms with van der Waals surface area (Å²) in [6.45, 7) is 4.60. The average molecular weight is 264 g/mol. The van der Waals surface area contributed by atoms with Crippen molar-refractivity contribution in [3.63, 3.8) is 0 Å². The molecule has 0 radical (unpaired) electrons. The van der Waals surface area contributed by atoms with E-state index in [-0.39, 0.29) is 22.9 Å². The van der Waals surface area contributed by atoms with Crippen LogP contribution in [0.4, 0.5) is 0 Å². The van der Waals surface area contributed by atoms with Crippen molar-refractivity contribution in [2.24, 2.45) is 28.6 Å². The van der Waals surface area contributed by atoms with Crippen molar-refractivity contribution in [1.29, 1.82) is 0 Å². The van der Waals surface area contributed by atoms with E-state index in [1.54, 1.807) is 13.2 Å². The lowest BCUT2D eigenvalue weighted by Gasteiger charge is -2.54. The number of aliphatic hydroxyl groups excluding tert-OH is 1. The van der Waals surface area contributed by atoms with E-state index in [1.165, 1.54) is 19.3 Å². The first kappa shape index (κ1) is 12.2. The van der Waals surface area contributed by atoms with E-state index in [0.717, 1.165) is 6.42 Å². The maximum atomic E-state index is 11.5. The van der Waals surface area contributed by atoms with Gasteiger partial charge in [0.15, 0.2) is 0 Å². The molecule has 4 aliphatic rings. The minimum absolute atomic E-state index is 0.109. The third-order valence-corrected chi connectivity index (χ3v) is 7.65. The molecular formula is C16H24O3. The molecule has 7 atom stereocenters. The molecule has 2 N–H and O–H groups in total. The van der Waals surface area contributed by atoms with Crippen LogP contribution in [0.5, 0.6) is 0 Å². The van der Waals surface area contributed by atoms with E-state index in [2.05, 4.69) is 13.8 Å². The van der Waals surface area contributed by atoms with E-state index in [4.69, 9.17) is 4.74 Å². The Kier molecular flexibility index (Phi) is 2.06. The molecule has 106 valence electrons. The minimum atomic E-state index is -0.908. The van der Waals surface area contributed by atoms with Gasteiger partial charge in [0.2, 0.25) is 0 Å². The summed E-state index contributed by atoms with van der Waals surface area (Å²) in [5, 5.41) is 21.9. The molecule has 4 aliphatic carbocycles. The normalized spacial score (nSPS) is 62.2. The highest BCUT2D eigenvalue weighted by molar-refractivity contribution is 5.38. The Balaban J connectivity index is 1.94. The summed E-state index contributed by atoms with van der Waals surface area (Å²) < 4.78 is 5.54. The lowest BCUT2D eigenvalue weighted by Crippen LogP contribution is -2.60. The summed E-state index contributed by atoms with van der Waals surface area (Å²) in [7, 11) is 1.64. The molecule has 0 spiro atoms. The fraction of sp³-hybridized carbons (Fsp3) is 0.875. The number of methoxy groups -OCH3 is 1. The Morgan fingerprint density at radius 1 is 1.37 bits per heavy atom. The SMILES string of the molecule is COC1C=C(O)C2C3CC4CCCC3(C)C4(C)C12O. The summed E-state index contributed by atoms with van der Waals surface area (Å²) in [6.07, 6.45) is 6.21. The molecule has 0 aromatic heterocycles. The number of ether oxygens (including phenoxy) is 1. The van der Waals surface area contributed by atoms with Gasteiger partial charge >= 0.3 is 0 Å². The van der Waals surface area contributed by atoms with E-state index in [0.29, 0.717) is 17.6 Å². The van der Waals surface area contributed by atoms with Crippen LogP contribution in [0.15, 0.2) is 11.8 Å². The van der Waals surface area contributed by atoms with Crippen molar-refractivity contribution in [2.75, 3.05) is 7.11 Å². The zero-order valence-corrected chi connectivity index (χ0v) is 12.0. The van der Waals surface area contributed by atoms with E-state index in [1.807, 2.05) is 0 Å². The second kappa shape index (κ2) is 3.20. The highest BCUT2D eigenvalue weighted by Gasteiger charge is 2.82. The molecule has 3 nitrogen and oxygen atoms in total. The summed E-state index contributed by atoms with van der Waals surface area (Å²) in [4.78, 5) is 0. The molecule has 0 aliphatic heterocycles. The molecular weight excluding hydrogens is 240 g/mol. The van der Waals surface area contributed by atoms with Crippen molar-refractivity contribution >= 4 is 0 Å². The Bertz CT molecular complexity index is 473. The van der Waals surface area contributed by atoms with Crippen LogP contribution in [-0.2, 0) is 4.74 Å². The van der Waals surface area contributed by atoms with Gasteiger partial charge in [-0.15, -0.1) is 0 Å². The number of fused-ring (bicyclic) bond motifs is 2. The quantitative estimate of drug-likeness (QED) is 0.765. The number of rotatable bonds is 1. The number of hydrogen-bond acceptors (Lipinski definition) is 3. The zero-order chi connectivity index (χ0) is 13.6. The standard InChI is InChI=1S/C16H24O3/c1-14-6-4-5-9-7-10(14)13-11(17)8-12(19-3)16(13,18)15(9,14)2/h8-10,12-13,17-18H,4-7H2,1-3H3. The van der Waals surface area contributed by atoms with Gasteiger partial charge in [0.1, 0.15) is 11.7 Å². The smallest absolute Gasteiger partial charge is 0.111 e. The molecule has 4 rings (SSSR count). The minimum Gasteiger partial charge on any atom is -0.512 e. The van der Waals surface area contributed by atoms with Crippen molar-refractivity contribution in [3.8, 4) is 0 Å². The van der Waals surface area contributed by atoms with Gasteiger partial charge in [-0.2, -0.15) is 0 Å². The zero-order valence-electron chi connectivity index (χ0n) is 12.0. The summed E-state index contributed by atoms with van der Waals surface area (Å²) in [6, 6.07) is 0. The Hall–Kier alpha value is -0.540. The van der Waals surface area contributed by atoms with Gasteiger partial charge in [-0.05, 0) is 42.6 Å². The fourth-order valence-corrected chi connectivity index (χ4v) is 6.68. The van der Waals surface area contributed by atoms with Gasteiger partial charge < -0.3 is 14.9 Å². The lowest BCUT2D eigenvalue weighted by molar-refractivity contribution is -0.194. The maximum Gasteiger partial charge on any atom is 0.111 e. The molecule has 3 fully saturated rings. The second-order valence-corrected chi connectivity index (χ2v) is 7.60. The van der Waals surface area contributed by atoms with Crippen LogP contribution in [0.25, 0.3) is 0 Å². The van der Waals surface area contributed by atoms with E-state index in [9.17, 15) is 10.2 Å². The van der Waals surface area contributed by atoms with E-state index >= 15 is 0 Å². The van der Waals surface area contributed by atoms with Crippen LogP contribution in [0, 0.1) is 28.6 Å². The van der Waals surface area contributed by atoms with Gasteiger partial charge in [0.05, 0.1) is 11.7 Å². The Morgan fingerprint density at radius 2 is 2.11 bits per heavy atom. The molecule has 19 heavy (non-hydrogen) atoms. The van der Waals surface area contributed by atoms with Crippen LogP contribution in [0.2, 0.25) is 0 Å². The first-order valence-corrected chi connectivity index (χ1v) is 7.57. The topological polar surface area (TPSA) is 49.7 Å². The van der Waals surface area contributed by atoms with Crippen molar-refractivity contribution in [2.45, 2.75) is 51.2 Å². The van der Waals surface area contributed by atoms with Gasteiger partial charge in [0, 0.05) is 12.5 Å². The Labute approximate surface area is 114 Å². The van der Waals surface area contributed by atoms with Gasteiger partial charge in [0.25, 0.3) is 0 Å². The highest BCUT2D eigenvalue weighted by Crippen LogP contribution is 2.80. The number of hydrogen-bond donors (Lipinski definition) is 2. The summed E-state index contributed by atoms with van der Waals surface area (Å²) in [5.41, 5.74) is -0.891. The van der Waals surface area contributed by atoms with E-state index < -0.39 is 5.60 Å². The highest BCUT2D eigenvalue weighted by atomic mass is 16.5. The van der Waals surface area contributed by atoms with Crippen molar-refractivity contribution < 1.29 is 14.9 Å². The molecule has 0 aromatic rings. The maximum absolute atomic E-state index is 11.5. The van der Waals surface area contributed by atoms with Crippen LogP contribution >= 0.6 is 0 Å².